The molecule has 1 N–H and O–H groups in total. The molecule has 0 unspecified atom stereocenters. The van der Waals surface area contributed by atoms with E-state index in [9.17, 15) is 9.59 Å². The Hall–Kier alpha value is -2.14. The molecule has 0 aliphatic heterocycles. The van der Waals surface area contributed by atoms with Crippen molar-refractivity contribution in [2.24, 2.45) is 0 Å². The van der Waals surface area contributed by atoms with Crippen molar-refractivity contribution in [2.45, 2.75) is 25.3 Å². The van der Waals surface area contributed by atoms with Gasteiger partial charge in [-0.2, -0.15) is 0 Å². The van der Waals surface area contributed by atoms with Gasteiger partial charge in [0.2, 0.25) is 5.91 Å². The van der Waals surface area contributed by atoms with E-state index in [0.717, 1.165) is 19.3 Å². The third-order valence-electron chi connectivity index (χ3n) is 4.12. The number of aliphatic hydroxyl groups is 1. The SMILES string of the molecule is C=CC(=O)N(C)c1ccc(C(=O)N(CCO)C2CCC2)cc1. The van der Waals surface area contributed by atoms with E-state index >= 15 is 0 Å². The molecule has 1 aliphatic rings. The number of nitrogens with zero attached hydrogens (tertiary/aromatic N) is 2. The highest BCUT2D eigenvalue weighted by atomic mass is 16.3. The summed E-state index contributed by atoms with van der Waals surface area (Å²) in [6, 6.07) is 7.16. The summed E-state index contributed by atoms with van der Waals surface area (Å²) in [4.78, 5) is 27.3. The van der Waals surface area contributed by atoms with Gasteiger partial charge in [-0.3, -0.25) is 9.59 Å². The molecule has 2 rings (SSSR count). The molecule has 0 bridgehead atoms. The number of hydrogen-bond acceptors (Lipinski definition) is 3. The summed E-state index contributed by atoms with van der Waals surface area (Å²) in [5, 5.41) is 9.16. The van der Waals surface area contributed by atoms with Gasteiger partial charge < -0.3 is 14.9 Å². The fourth-order valence-electron chi connectivity index (χ4n) is 2.51. The normalized spacial score (nSPS) is 14.1. The number of hydrogen-bond donors (Lipinski definition) is 1. The Morgan fingerprint density at radius 1 is 1.32 bits per heavy atom. The second-order valence-electron chi connectivity index (χ2n) is 5.46. The molecule has 0 spiro atoms. The quantitative estimate of drug-likeness (QED) is 0.815. The molecule has 1 aliphatic carbocycles. The zero-order valence-corrected chi connectivity index (χ0v) is 12.9. The van der Waals surface area contributed by atoms with Crippen molar-refractivity contribution >= 4 is 17.5 Å². The number of amides is 2. The summed E-state index contributed by atoms with van der Waals surface area (Å²) >= 11 is 0. The lowest BCUT2D eigenvalue weighted by Crippen LogP contribution is -2.45. The van der Waals surface area contributed by atoms with E-state index in [-0.39, 0.29) is 24.5 Å². The maximum Gasteiger partial charge on any atom is 0.254 e. The standard InChI is InChI=1S/C17H22N2O3/c1-3-16(21)18(2)14-9-7-13(8-10-14)17(22)19(11-12-20)15-5-4-6-15/h3,7-10,15,20H,1,4-6,11-12H2,2H3. The zero-order valence-electron chi connectivity index (χ0n) is 12.9. The van der Waals surface area contributed by atoms with E-state index in [1.807, 2.05) is 0 Å². The molecular weight excluding hydrogens is 280 g/mol. The van der Waals surface area contributed by atoms with Crippen LogP contribution >= 0.6 is 0 Å². The summed E-state index contributed by atoms with van der Waals surface area (Å²) in [6.07, 6.45) is 4.38. The molecule has 118 valence electrons. The van der Waals surface area contributed by atoms with Crippen molar-refractivity contribution in [2.75, 3.05) is 25.1 Å². The zero-order chi connectivity index (χ0) is 16.1. The fourth-order valence-corrected chi connectivity index (χ4v) is 2.51. The first-order valence-corrected chi connectivity index (χ1v) is 7.50. The maximum atomic E-state index is 12.6. The van der Waals surface area contributed by atoms with Crippen LogP contribution in [0.4, 0.5) is 5.69 Å². The summed E-state index contributed by atoms with van der Waals surface area (Å²) in [6.45, 7) is 3.79. The van der Waals surface area contributed by atoms with Crippen molar-refractivity contribution in [1.29, 1.82) is 0 Å². The number of carbonyl (C=O) groups is 2. The lowest BCUT2D eigenvalue weighted by atomic mass is 9.91. The Kier molecular flexibility index (Phi) is 5.33. The number of carbonyl (C=O) groups excluding carboxylic acids is 2. The second-order valence-corrected chi connectivity index (χ2v) is 5.46. The number of benzene rings is 1. The molecule has 0 aromatic heterocycles. The van der Waals surface area contributed by atoms with Gasteiger partial charge in [0, 0.05) is 30.9 Å². The van der Waals surface area contributed by atoms with Crippen LogP contribution in [0.3, 0.4) is 0 Å². The van der Waals surface area contributed by atoms with Crippen molar-refractivity contribution in [3.63, 3.8) is 0 Å². The Labute approximate surface area is 130 Å². The number of aliphatic hydroxyl groups excluding tert-OH is 1. The van der Waals surface area contributed by atoms with Crippen LogP contribution in [0.5, 0.6) is 0 Å². The predicted molar refractivity (Wildman–Crippen MR) is 85.8 cm³/mol. The molecule has 0 heterocycles. The van der Waals surface area contributed by atoms with Crippen molar-refractivity contribution in [3.05, 3.63) is 42.5 Å². The summed E-state index contributed by atoms with van der Waals surface area (Å²) < 4.78 is 0. The average Bonchev–Trinajstić information content (AvgIpc) is 2.50. The van der Waals surface area contributed by atoms with E-state index < -0.39 is 0 Å². The molecule has 22 heavy (non-hydrogen) atoms. The van der Waals surface area contributed by atoms with Crippen LogP contribution < -0.4 is 4.90 Å². The Morgan fingerprint density at radius 3 is 2.41 bits per heavy atom. The van der Waals surface area contributed by atoms with Gasteiger partial charge in [0.1, 0.15) is 0 Å². The van der Waals surface area contributed by atoms with Gasteiger partial charge in [-0.25, -0.2) is 0 Å². The van der Waals surface area contributed by atoms with E-state index in [4.69, 9.17) is 5.11 Å². The smallest absolute Gasteiger partial charge is 0.254 e. The first kappa shape index (κ1) is 16.2. The molecule has 1 aromatic carbocycles. The highest BCUT2D eigenvalue weighted by molar-refractivity contribution is 6.01. The van der Waals surface area contributed by atoms with E-state index in [1.54, 1.807) is 36.2 Å². The summed E-state index contributed by atoms with van der Waals surface area (Å²) in [5.41, 5.74) is 1.28. The van der Waals surface area contributed by atoms with Gasteiger partial charge in [-0.1, -0.05) is 6.58 Å². The minimum absolute atomic E-state index is 0.0309. The molecule has 1 saturated carbocycles. The van der Waals surface area contributed by atoms with Gasteiger partial charge >= 0.3 is 0 Å². The summed E-state index contributed by atoms with van der Waals surface area (Å²) in [5.74, 6) is -0.265. The Morgan fingerprint density at radius 2 is 1.95 bits per heavy atom. The minimum Gasteiger partial charge on any atom is -0.395 e. The van der Waals surface area contributed by atoms with Crippen LogP contribution in [0, 0.1) is 0 Å². The van der Waals surface area contributed by atoms with Crippen LogP contribution in [0.15, 0.2) is 36.9 Å². The van der Waals surface area contributed by atoms with Gasteiger partial charge in [-0.15, -0.1) is 0 Å². The lowest BCUT2D eigenvalue weighted by Gasteiger charge is -2.37. The molecular formula is C17H22N2O3. The maximum absolute atomic E-state index is 12.6. The van der Waals surface area contributed by atoms with E-state index in [0.29, 0.717) is 17.8 Å². The van der Waals surface area contributed by atoms with Crippen LogP contribution in [0.1, 0.15) is 29.6 Å². The van der Waals surface area contributed by atoms with Crippen LogP contribution in [0.2, 0.25) is 0 Å². The van der Waals surface area contributed by atoms with Crippen molar-refractivity contribution in [1.82, 2.24) is 4.90 Å². The molecule has 5 nitrogen and oxygen atoms in total. The minimum atomic E-state index is -0.199. The highest BCUT2D eigenvalue weighted by Gasteiger charge is 2.28. The second kappa shape index (κ2) is 7.22. The van der Waals surface area contributed by atoms with E-state index in [2.05, 4.69) is 6.58 Å². The topological polar surface area (TPSA) is 60.9 Å². The number of anilines is 1. The first-order valence-electron chi connectivity index (χ1n) is 7.50. The number of likely N-dealkylation sites (N-methyl/N-ethyl adjacent to an activating group) is 1. The third-order valence-corrected chi connectivity index (χ3v) is 4.12. The molecule has 1 fully saturated rings. The largest absolute Gasteiger partial charge is 0.395 e. The van der Waals surface area contributed by atoms with Crippen LogP contribution in [0.25, 0.3) is 0 Å². The molecule has 0 saturated heterocycles. The fraction of sp³-hybridized carbons (Fsp3) is 0.412. The predicted octanol–water partition coefficient (Wildman–Crippen LogP) is 1.82. The van der Waals surface area contributed by atoms with Gasteiger partial charge in [0.25, 0.3) is 5.91 Å². The van der Waals surface area contributed by atoms with E-state index in [1.165, 1.54) is 11.0 Å². The van der Waals surface area contributed by atoms with Crippen molar-refractivity contribution in [3.8, 4) is 0 Å². The number of rotatable bonds is 6. The van der Waals surface area contributed by atoms with Crippen LogP contribution in [-0.2, 0) is 4.79 Å². The monoisotopic (exact) mass is 302 g/mol. The van der Waals surface area contributed by atoms with Gasteiger partial charge in [0.15, 0.2) is 0 Å². The molecule has 5 heteroatoms. The molecule has 0 atom stereocenters. The Bertz CT molecular complexity index is 550. The first-order chi connectivity index (χ1) is 10.6. The van der Waals surface area contributed by atoms with Gasteiger partial charge in [-0.05, 0) is 49.6 Å². The summed E-state index contributed by atoms with van der Waals surface area (Å²) in [7, 11) is 1.66. The third kappa shape index (κ3) is 3.36. The lowest BCUT2D eigenvalue weighted by molar-refractivity contribution is -0.113. The van der Waals surface area contributed by atoms with Crippen LogP contribution in [-0.4, -0.2) is 48.1 Å². The highest BCUT2D eigenvalue weighted by Crippen LogP contribution is 2.26. The van der Waals surface area contributed by atoms with Crippen molar-refractivity contribution < 1.29 is 14.7 Å². The molecule has 2 amide bonds. The molecule has 0 radical (unpaired) electrons. The van der Waals surface area contributed by atoms with Gasteiger partial charge in [0.05, 0.1) is 6.61 Å². The average molecular weight is 302 g/mol. The Balaban J connectivity index is 2.12. The molecule has 1 aromatic rings.